The highest BCUT2D eigenvalue weighted by Gasteiger charge is 2.22. The van der Waals surface area contributed by atoms with Crippen LogP contribution < -0.4 is 4.74 Å². The van der Waals surface area contributed by atoms with Crippen LogP contribution in [0.2, 0.25) is 0 Å². The second kappa shape index (κ2) is 5.34. The van der Waals surface area contributed by atoms with E-state index in [1.807, 2.05) is 0 Å². The number of aliphatic carboxylic acids is 1. The van der Waals surface area contributed by atoms with E-state index in [0.29, 0.717) is 12.1 Å². The van der Waals surface area contributed by atoms with Crippen LogP contribution in [-0.4, -0.2) is 22.6 Å². The third kappa shape index (κ3) is 3.34. The van der Waals surface area contributed by atoms with Gasteiger partial charge in [0, 0.05) is 5.56 Å². The Labute approximate surface area is 97.7 Å². The average molecular weight is 265 g/mol. The summed E-state index contributed by atoms with van der Waals surface area (Å²) in [6, 6.07) is 0.920. The number of carboxylic acids is 1. The summed E-state index contributed by atoms with van der Waals surface area (Å²) < 4.78 is 40.7. The van der Waals surface area contributed by atoms with Crippen LogP contribution in [0.4, 0.5) is 18.9 Å². The van der Waals surface area contributed by atoms with Crippen LogP contribution in [0.3, 0.4) is 0 Å². The molecule has 0 atom stereocenters. The number of hydrogen-bond acceptors (Lipinski definition) is 4. The normalized spacial score (nSPS) is 10.4. The van der Waals surface area contributed by atoms with Crippen LogP contribution in [0.5, 0.6) is 5.75 Å². The van der Waals surface area contributed by atoms with Gasteiger partial charge in [-0.3, -0.25) is 14.9 Å². The smallest absolute Gasteiger partial charge is 0.387 e. The number of nitro groups is 1. The molecule has 1 aromatic rings. The average Bonchev–Trinajstić information content (AvgIpc) is 2.19. The molecule has 0 unspecified atom stereocenters. The molecule has 1 aromatic carbocycles. The van der Waals surface area contributed by atoms with Gasteiger partial charge in [0.2, 0.25) is 0 Å². The fraction of sp³-hybridized carbons (Fsp3) is 0.222. The van der Waals surface area contributed by atoms with E-state index < -0.39 is 46.7 Å². The number of carboxylic acid groups (broad SMARTS) is 1. The first-order valence-electron chi connectivity index (χ1n) is 4.44. The maximum Gasteiger partial charge on any atom is 0.387 e. The zero-order valence-corrected chi connectivity index (χ0v) is 8.60. The number of halogens is 3. The number of rotatable bonds is 5. The Hall–Kier alpha value is -2.32. The lowest BCUT2D eigenvalue weighted by atomic mass is 10.1. The number of carbonyl (C=O) groups is 1. The minimum atomic E-state index is -3.34. The first-order chi connectivity index (χ1) is 8.31. The van der Waals surface area contributed by atoms with E-state index in [-0.39, 0.29) is 0 Å². The summed E-state index contributed by atoms with van der Waals surface area (Å²) in [6.45, 7) is -3.34. The van der Waals surface area contributed by atoms with Crippen molar-refractivity contribution in [1.29, 1.82) is 0 Å². The molecular weight excluding hydrogens is 259 g/mol. The number of hydrogen-bond donors (Lipinski definition) is 1. The van der Waals surface area contributed by atoms with Crippen molar-refractivity contribution >= 4 is 11.7 Å². The van der Waals surface area contributed by atoms with Crippen molar-refractivity contribution in [3.8, 4) is 5.75 Å². The van der Waals surface area contributed by atoms with Gasteiger partial charge in [-0.2, -0.15) is 8.78 Å². The van der Waals surface area contributed by atoms with Crippen LogP contribution in [0.15, 0.2) is 12.1 Å². The van der Waals surface area contributed by atoms with Crippen molar-refractivity contribution in [3.63, 3.8) is 0 Å². The van der Waals surface area contributed by atoms with E-state index in [2.05, 4.69) is 4.74 Å². The summed E-state index contributed by atoms with van der Waals surface area (Å²) in [5.74, 6) is -3.72. The summed E-state index contributed by atoms with van der Waals surface area (Å²) in [5, 5.41) is 19.1. The minimum absolute atomic E-state index is 0.430. The molecule has 0 saturated carbocycles. The molecule has 0 bridgehead atoms. The molecule has 0 amide bonds. The van der Waals surface area contributed by atoms with Crippen molar-refractivity contribution in [1.82, 2.24) is 0 Å². The van der Waals surface area contributed by atoms with Gasteiger partial charge in [0.1, 0.15) is 0 Å². The summed E-state index contributed by atoms with van der Waals surface area (Å²) in [4.78, 5) is 20.0. The van der Waals surface area contributed by atoms with E-state index >= 15 is 0 Å². The van der Waals surface area contributed by atoms with Crippen molar-refractivity contribution in [3.05, 3.63) is 33.6 Å². The maximum absolute atomic E-state index is 13.2. The van der Waals surface area contributed by atoms with Crippen molar-refractivity contribution in [2.75, 3.05) is 0 Å². The van der Waals surface area contributed by atoms with Gasteiger partial charge >= 0.3 is 12.6 Å². The number of nitro benzene ring substituents is 1. The molecular formula is C9H6F3NO5. The van der Waals surface area contributed by atoms with Crippen molar-refractivity contribution < 1.29 is 32.7 Å². The van der Waals surface area contributed by atoms with Crippen LogP contribution in [0.1, 0.15) is 5.56 Å². The monoisotopic (exact) mass is 265 g/mol. The molecule has 18 heavy (non-hydrogen) atoms. The molecule has 0 aliphatic heterocycles. The van der Waals surface area contributed by atoms with E-state index in [4.69, 9.17) is 5.11 Å². The van der Waals surface area contributed by atoms with E-state index in [1.54, 1.807) is 0 Å². The Balaban J connectivity index is 3.25. The summed E-state index contributed by atoms with van der Waals surface area (Å²) in [7, 11) is 0. The predicted octanol–water partition coefficient (Wildman–Crippen LogP) is 1.96. The fourth-order valence-corrected chi connectivity index (χ4v) is 1.24. The summed E-state index contributed by atoms with van der Waals surface area (Å²) in [5.41, 5.74) is -1.24. The van der Waals surface area contributed by atoms with E-state index in [0.717, 1.165) is 0 Å². The summed E-state index contributed by atoms with van der Waals surface area (Å²) in [6.07, 6.45) is -0.803. The Kier molecular flexibility index (Phi) is 4.08. The van der Waals surface area contributed by atoms with Gasteiger partial charge in [0.25, 0.3) is 5.69 Å². The number of alkyl halides is 2. The van der Waals surface area contributed by atoms with Crippen LogP contribution in [0, 0.1) is 15.9 Å². The highest BCUT2D eigenvalue weighted by Crippen LogP contribution is 2.29. The molecule has 9 heteroatoms. The predicted molar refractivity (Wildman–Crippen MR) is 51.0 cm³/mol. The number of benzene rings is 1. The fourth-order valence-electron chi connectivity index (χ4n) is 1.24. The standard InChI is InChI=1S/C9H6F3NO5/c10-5-1-4(2-8(14)15)6(13(16)17)3-7(5)18-9(11)12/h1,3,9H,2H2,(H,14,15). The van der Waals surface area contributed by atoms with Gasteiger partial charge in [0.15, 0.2) is 11.6 Å². The Morgan fingerprint density at radius 2 is 2.11 bits per heavy atom. The topological polar surface area (TPSA) is 89.7 Å². The molecule has 0 radical (unpaired) electrons. The largest absolute Gasteiger partial charge is 0.481 e. The highest BCUT2D eigenvalue weighted by molar-refractivity contribution is 5.72. The van der Waals surface area contributed by atoms with Crippen molar-refractivity contribution in [2.24, 2.45) is 0 Å². The molecule has 1 rings (SSSR count). The van der Waals surface area contributed by atoms with Crippen LogP contribution in [0.25, 0.3) is 0 Å². The van der Waals surface area contributed by atoms with E-state index in [1.165, 1.54) is 0 Å². The Morgan fingerprint density at radius 3 is 2.56 bits per heavy atom. The number of nitrogens with zero attached hydrogens (tertiary/aromatic N) is 1. The molecule has 0 spiro atoms. The Bertz CT molecular complexity index is 491. The van der Waals surface area contributed by atoms with Crippen LogP contribution >= 0.6 is 0 Å². The minimum Gasteiger partial charge on any atom is -0.481 e. The zero-order chi connectivity index (χ0) is 13.9. The van der Waals surface area contributed by atoms with Gasteiger partial charge in [-0.05, 0) is 6.07 Å². The SMILES string of the molecule is O=C(O)Cc1cc(F)c(OC(F)F)cc1[N+](=O)[O-]. The molecule has 0 aliphatic rings. The molecule has 0 saturated heterocycles. The highest BCUT2D eigenvalue weighted by atomic mass is 19.3. The third-order valence-corrected chi connectivity index (χ3v) is 1.89. The third-order valence-electron chi connectivity index (χ3n) is 1.89. The summed E-state index contributed by atoms with van der Waals surface area (Å²) >= 11 is 0. The molecule has 98 valence electrons. The second-order valence-electron chi connectivity index (χ2n) is 3.12. The molecule has 0 aromatic heterocycles. The lowest BCUT2D eigenvalue weighted by molar-refractivity contribution is -0.385. The van der Waals surface area contributed by atoms with Gasteiger partial charge in [-0.1, -0.05) is 0 Å². The molecule has 0 heterocycles. The zero-order valence-electron chi connectivity index (χ0n) is 8.60. The van der Waals surface area contributed by atoms with Crippen LogP contribution in [-0.2, 0) is 11.2 Å². The first-order valence-corrected chi connectivity index (χ1v) is 4.44. The molecule has 0 aliphatic carbocycles. The van der Waals surface area contributed by atoms with E-state index in [9.17, 15) is 28.1 Å². The quantitative estimate of drug-likeness (QED) is 0.649. The molecule has 1 N–H and O–H groups in total. The molecule has 0 fully saturated rings. The lowest BCUT2D eigenvalue weighted by Crippen LogP contribution is -2.08. The van der Waals surface area contributed by atoms with Gasteiger partial charge < -0.3 is 9.84 Å². The van der Waals surface area contributed by atoms with Gasteiger partial charge in [-0.25, -0.2) is 4.39 Å². The lowest BCUT2D eigenvalue weighted by Gasteiger charge is -2.07. The van der Waals surface area contributed by atoms with Crippen molar-refractivity contribution in [2.45, 2.75) is 13.0 Å². The molecule has 6 nitrogen and oxygen atoms in total. The Morgan fingerprint density at radius 1 is 1.50 bits per heavy atom. The van der Waals surface area contributed by atoms with Gasteiger partial charge in [-0.15, -0.1) is 0 Å². The number of ether oxygens (including phenoxy) is 1. The maximum atomic E-state index is 13.2. The first kappa shape index (κ1) is 13.7. The van der Waals surface area contributed by atoms with Gasteiger partial charge in [0.05, 0.1) is 17.4 Å². The second-order valence-corrected chi connectivity index (χ2v) is 3.12.